The van der Waals surface area contributed by atoms with Crippen LogP contribution in [0.1, 0.15) is 5.56 Å². The predicted molar refractivity (Wildman–Crippen MR) is 54.8 cm³/mol. The third-order valence-corrected chi connectivity index (χ3v) is 2.36. The van der Waals surface area contributed by atoms with Crippen molar-refractivity contribution in [2.45, 2.75) is 6.92 Å². The summed E-state index contributed by atoms with van der Waals surface area (Å²) < 4.78 is 0.958. The van der Waals surface area contributed by atoms with E-state index in [1.807, 2.05) is 19.1 Å². The number of nitrogens with zero attached hydrogens (tertiary/aromatic N) is 1. The Bertz CT molecular complexity index is 518. The highest BCUT2D eigenvalue weighted by Gasteiger charge is 1.99. The van der Waals surface area contributed by atoms with Crippen molar-refractivity contribution in [2.24, 2.45) is 0 Å². The third-order valence-electron chi connectivity index (χ3n) is 1.90. The quantitative estimate of drug-likeness (QED) is 0.764. The number of fused-ring (bicyclic) bond motifs is 1. The van der Waals surface area contributed by atoms with Crippen molar-refractivity contribution in [3.05, 3.63) is 38.9 Å². The van der Waals surface area contributed by atoms with Crippen molar-refractivity contribution in [2.75, 3.05) is 0 Å². The van der Waals surface area contributed by atoms with Crippen LogP contribution in [0.5, 0.6) is 0 Å². The minimum Gasteiger partial charge on any atom is -0.305 e. The lowest BCUT2D eigenvalue weighted by Crippen LogP contribution is -2.08. The van der Waals surface area contributed by atoms with Crippen LogP contribution in [0.25, 0.3) is 10.9 Å². The van der Waals surface area contributed by atoms with E-state index in [1.165, 1.54) is 0 Å². The molecule has 0 spiro atoms. The normalized spacial score (nSPS) is 10.6. The summed E-state index contributed by atoms with van der Waals surface area (Å²) in [6.07, 6.45) is 1.59. The molecule has 2 rings (SSSR count). The summed E-state index contributed by atoms with van der Waals surface area (Å²) in [6, 6.07) is 3.85. The average Bonchev–Trinajstić information content (AvgIpc) is 2.02. The van der Waals surface area contributed by atoms with E-state index in [2.05, 4.69) is 25.9 Å². The molecule has 0 radical (unpaired) electrons. The predicted octanol–water partition coefficient (Wildman–Crippen LogP) is 1.99. The first-order chi connectivity index (χ1) is 6.16. The third kappa shape index (κ3) is 1.49. The van der Waals surface area contributed by atoms with Crippen LogP contribution in [0, 0.1) is 6.92 Å². The van der Waals surface area contributed by atoms with Gasteiger partial charge < -0.3 is 4.98 Å². The standard InChI is InChI=1S/C9H7BrN2O/c1-5-2-6(10)3-8-7(5)4-11-9(13)12-8/h2-4H,1H3,(H,11,12,13). The first-order valence-electron chi connectivity index (χ1n) is 3.82. The number of hydrogen-bond donors (Lipinski definition) is 1. The molecule has 0 atom stereocenters. The van der Waals surface area contributed by atoms with Gasteiger partial charge in [0.15, 0.2) is 0 Å². The monoisotopic (exact) mass is 238 g/mol. The molecule has 0 amide bonds. The molecule has 0 bridgehead atoms. The Morgan fingerprint density at radius 1 is 1.46 bits per heavy atom. The van der Waals surface area contributed by atoms with Crippen molar-refractivity contribution >= 4 is 26.8 Å². The largest absolute Gasteiger partial charge is 0.345 e. The number of aromatic nitrogens is 2. The van der Waals surface area contributed by atoms with Crippen LogP contribution in [-0.4, -0.2) is 9.97 Å². The van der Waals surface area contributed by atoms with Gasteiger partial charge in [-0.05, 0) is 24.6 Å². The fourth-order valence-corrected chi connectivity index (χ4v) is 1.87. The van der Waals surface area contributed by atoms with Gasteiger partial charge in [0.2, 0.25) is 0 Å². The van der Waals surface area contributed by atoms with Crippen LogP contribution in [0.15, 0.2) is 27.6 Å². The summed E-state index contributed by atoms with van der Waals surface area (Å²) >= 11 is 3.37. The van der Waals surface area contributed by atoms with Gasteiger partial charge in [-0.1, -0.05) is 15.9 Å². The van der Waals surface area contributed by atoms with E-state index in [0.29, 0.717) is 0 Å². The Hall–Kier alpha value is -1.16. The summed E-state index contributed by atoms with van der Waals surface area (Å²) in [7, 11) is 0. The van der Waals surface area contributed by atoms with Crippen LogP contribution in [0.3, 0.4) is 0 Å². The van der Waals surface area contributed by atoms with E-state index >= 15 is 0 Å². The topological polar surface area (TPSA) is 45.8 Å². The van der Waals surface area contributed by atoms with Gasteiger partial charge in [-0.2, -0.15) is 0 Å². The summed E-state index contributed by atoms with van der Waals surface area (Å²) in [5.41, 5.74) is 1.59. The van der Waals surface area contributed by atoms with Crippen molar-refractivity contribution < 1.29 is 0 Å². The molecule has 0 fully saturated rings. The van der Waals surface area contributed by atoms with Crippen LogP contribution < -0.4 is 5.69 Å². The second kappa shape index (κ2) is 2.96. The van der Waals surface area contributed by atoms with Gasteiger partial charge in [0.1, 0.15) is 0 Å². The zero-order chi connectivity index (χ0) is 9.42. The molecule has 1 aromatic heterocycles. The van der Waals surface area contributed by atoms with E-state index in [-0.39, 0.29) is 5.69 Å². The highest BCUT2D eigenvalue weighted by Crippen LogP contribution is 2.20. The zero-order valence-corrected chi connectivity index (χ0v) is 8.55. The Labute approximate surface area is 82.9 Å². The lowest BCUT2D eigenvalue weighted by atomic mass is 10.1. The molecule has 0 saturated carbocycles. The molecule has 1 heterocycles. The Morgan fingerprint density at radius 2 is 2.23 bits per heavy atom. The van der Waals surface area contributed by atoms with Gasteiger partial charge in [-0.15, -0.1) is 0 Å². The van der Waals surface area contributed by atoms with Crippen molar-refractivity contribution in [3.63, 3.8) is 0 Å². The molecule has 3 nitrogen and oxygen atoms in total. The minimum absolute atomic E-state index is 0.315. The molecular weight excluding hydrogens is 232 g/mol. The van der Waals surface area contributed by atoms with Crippen molar-refractivity contribution in [1.82, 2.24) is 9.97 Å². The minimum atomic E-state index is -0.315. The molecule has 13 heavy (non-hydrogen) atoms. The fourth-order valence-electron chi connectivity index (χ4n) is 1.30. The first-order valence-corrected chi connectivity index (χ1v) is 4.61. The summed E-state index contributed by atoms with van der Waals surface area (Å²) in [5.74, 6) is 0. The number of benzene rings is 1. The van der Waals surface area contributed by atoms with Crippen LogP contribution in [0.4, 0.5) is 0 Å². The molecule has 2 aromatic rings. The Balaban J connectivity index is 2.94. The van der Waals surface area contributed by atoms with Crippen molar-refractivity contribution in [1.29, 1.82) is 0 Å². The number of nitrogens with one attached hydrogen (secondary N) is 1. The van der Waals surface area contributed by atoms with Gasteiger partial charge >= 0.3 is 5.69 Å². The van der Waals surface area contributed by atoms with E-state index in [9.17, 15) is 4.79 Å². The maximum atomic E-state index is 10.9. The lowest BCUT2D eigenvalue weighted by Gasteiger charge is -2.01. The second-order valence-electron chi connectivity index (χ2n) is 2.87. The fraction of sp³-hybridized carbons (Fsp3) is 0.111. The Kier molecular flexibility index (Phi) is 1.92. The zero-order valence-electron chi connectivity index (χ0n) is 6.97. The van der Waals surface area contributed by atoms with Gasteiger partial charge in [0.05, 0.1) is 5.52 Å². The first kappa shape index (κ1) is 8.44. The molecule has 0 saturated heterocycles. The summed E-state index contributed by atoms with van der Waals surface area (Å²) in [6.45, 7) is 1.98. The van der Waals surface area contributed by atoms with Gasteiger partial charge in [-0.25, -0.2) is 9.78 Å². The van der Waals surface area contributed by atoms with Gasteiger partial charge in [0, 0.05) is 16.1 Å². The highest BCUT2D eigenvalue weighted by molar-refractivity contribution is 9.10. The molecule has 66 valence electrons. The van der Waals surface area contributed by atoms with Crippen molar-refractivity contribution in [3.8, 4) is 0 Å². The SMILES string of the molecule is Cc1cc(Br)cc2[nH]c(=O)ncc12. The highest BCUT2D eigenvalue weighted by atomic mass is 79.9. The molecular formula is C9H7BrN2O. The number of aromatic amines is 1. The van der Waals surface area contributed by atoms with E-state index in [1.54, 1.807) is 6.20 Å². The van der Waals surface area contributed by atoms with Crippen LogP contribution in [-0.2, 0) is 0 Å². The van der Waals surface area contributed by atoms with Crippen LogP contribution in [0.2, 0.25) is 0 Å². The number of hydrogen-bond acceptors (Lipinski definition) is 2. The number of aryl methyl sites for hydroxylation is 1. The molecule has 1 aromatic carbocycles. The number of halogens is 1. The van der Waals surface area contributed by atoms with Gasteiger partial charge in [0.25, 0.3) is 0 Å². The maximum Gasteiger partial charge on any atom is 0.345 e. The molecule has 1 N–H and O–H groups in total. The second-order valence-corrected chi connectivity index (χ2v) is 3.79. The van der Waals surface area contributed by atoms with Gasteiger partial charge in [-0.3, -0.25) is 0 Å². The smallest absolute Gasteiger partial charge is 0.305 e. The van der Waals surface area contributed by atoms with E-state index in [0.717, 1.165) is 20.9 Å². The van der Waals surface area contributed by atoms with E-state index < -0.39 is 0 Å². The molecule has 0 aliphatic rings. The van der Waals surface area contributed by atoms with E-state index in [4.69, 9.17) is 0 Å². The molecule has 4 heteroatoms. The summed E-state index contributed by atoms with van der Waals surface area (Å²) in [4.78, 5) is 17.3. The molecule has 0 unspecified atom stereocenters. The average molecular weight is 239 g/mol. The Morgan fingerprint density at radius 3 is 3.00 bits per heavy atom. The maximum absolute atomic E-state index is 10.9. The lowest BCUT2D eigenvalue weighted by molar-refractivity contribution is 1.12. The summed E-state index contributed by atoms with van der Waals surface area (Å²) in [5, 5.41) is 0.975. The van der Waals surface area contributed by atoms with Crippen LogP contribution >= 0.6 is 15.9 Å². The number of H-pyrrole nitrogens is 1. The number of rotatable bonds is 0. The molecule has 0 aliphatic carbocycles. The molecule has 0 aliphatic heterocycles.